The number of anilines is 1. The van der Waals surface area contributed by atoms with Crippen LogP contribution in [0, 0.1) is 6.92 Å². The topological polar surface area (TPSA) is 86.8 Å². The molecular weight excluding hydrogens is 438 g/mol. The van der Waals surface area contributed by atoms with Gasteiger partial charge in [0.25, 0.3) is 0 Å². The molecular formula is C22H28ClN3O4S. The number of hydrogen-bond donors (Lipinski definition) is 1. The maximum atomic E-state index is 13.4. The largest absolute Gasteiger partial charge is 0.357 e. The maximum Gasteiger partial charge on any atom is 0.244 e. The maximum absolute atomic E-state index is 13.4. The lowest BCUT2D eigenvalue weighted by Crippen LogP contribution is -2.51. The molecule has 9 heteroatoms. The molecule has 0 aliphatic carbocycles. The van der Waals surface area contributed by atoms with E-state index in [1.807, 2.05) is 38.1 Å². The van der Waals surface area contributed by atoms with Crippen molar-refractivity contribution in [2.75, 3.05) is 24.2 Å². The van der Waals surface area contributed by atoms with Gasteiger partial charge in [0.1, 0.15) is 12.6 Å². The van der Waals surface area contributed by atoms with Gasteiger partial charge in [0.05, 0.1) is 11.9 Å². The first-order valence-electron chi connectivity index (χ1n) is 9.87. The molecule has 0 spiro atoms. The van der Waals surface area contributed by atoms with Gasteiger partial charge in [-0.2, -0.15) is 0 Å². The molecule has 2 aromatic rings. The highest BCUT2D eigenvalue weighted by Crippen LogP contribution is 2.22. The number of halogens is 1. The third-order valence-electron chi connectivity index (χ3n) is 5.03. The quantitative estimate of drug-likeness (QED) is 0.616. The van der Waals surface area contributed by atoms with Crippen LogP contribution in [0.3, 0.4) is 0 Å². The Morgan fingerprint density at radius 2 is 1.71 bits per heavy atom. The number of rotatable bonds is 9. The minimum atomic E-state index is -3.76. The van der Waals surface area contributed by atoms with Crippen molar-refractivity contribution in [3.63, 3.8) is 0 Å². The number of nitrogens with zero attached hydrogens (tertiary/aromatic N) is 2. The zero-order chi connectivity index (χ0) is 23.2. The van der Waals surface area contributed by atoms with Gasteiger partial charge in [-0.25, -0.2) is 8.42 Å². The van der Waals surface area contributed by atoms with Crippen LogP contribution in [0.2, 0.25) is 5.02 Å². The molecule has 1 atom stereocenters. The van der Waals surface area contributed by atoms with Gasteiger partial charge < -0.3 is 10.2 Å². The highest BCUT2D eigenvalue weighted by atomic mass is 35.5. The average Bonchev–Trinajstić information content (AvgIpc) is 2.72. The Labute approximate surface area is 189 Å². The smallest absolute Gasteiger partial charge is 0.244 e. The zero-order valence-corrected chi connectivity index (χ0v) is 19.7. The van der Waals surface area contributed by atoms with Crippen molar-refractivity contribution >= 4 is 39.1 Å². The van der Waals surface area contributed by atoms with Crippen LogP contribution in [0.15, 0.2) is 48.5 Å². The molecule has 2 amide bonds. The molecule has 0 saturated heterocycles. The number of carbonyl (C=O) groups is 2. The number of nitrogens with one attached hydrogen (secondary N) is 1. The van der Waals surface area contributed by atoms with E-state index in [1.165, 1.54) is 11.9 Å². The van der Waals surface area contributed by atoms with Crippen molar-refractivity contribution in [3.8, 4) is 0 Å². The fourth-order valence-electron chi connectivity index (χ4n) is 3.28. The summed E-state index contributed by atoms with van der Waals surface area (Å²) in [6.45, 7) is 3.50. The Balaban J connectivity index is 2.43. The highest BCUT2D eigenvalue weighted by Gasteiger charge is 2.31. The summed E-state index contributed by atoms with van der Waals surface area (Å²) >= 11 is 5.92. The first-order valence-corrected chi connectivity index (χ1v) is 12.1. The molecule has 0 heterocycles. The molecule has 0 aliphatic rings. The summed E-state index contributed by atoms with van der Waals surface area (Å²) in [5.41, 5.74) is 2.18. The molecule has 2 rings (SSSR count). The van der Waals surface area contributed by atoms with Crippen LogP contribution in [0.25, 0.3) is 0 Å². The lowest BCUT2D eigenvalue weighted by atomic mass is 10.1. The van der Waals surface area contributed by atoms with Crippen molar-refractivity contribution in [2.45, 2.75) is 32.9 Å². The zero-order valence-electron chi connectivity index (χ0n) is 18.1. The SMILES string of the molecule is CCC(C(=O)NC)N(Cc1ccccc1C)C(=O)CN(c1ccc(Cl)cc1)S(C)(=O)=O. The van der Waals surface area contributed by atoms with Crippen molar-refractivity contribution in [2.24, 2.45) is 0 Å². The average molecular weight is 466 g/mol. The number of likely N-dealkylation sites (N-methyl/N-ethyl adjacent to an activating group) is 1. The predicted octanol–water partition coefficient (Wildman–Crippen LogP) is 2.97. The fraction of sp³-hybridized carbons (Fsp3) is 0.364. The van der Waals surface area contributed by atoms with Crippen molar-refractivity contribution < 1.29 is 18.0 Å². The summed E-state index contributed by atoms with van der Waals surface area (Å²) in [4.78, 5) is 27.3. The minimum absolute atomic E-state index is 0.190. The number of amides is 2. The second-order valence-electron chi connectivity index (χ2n) is 7.23. The summed E-state index contributed by atoms with van der Waals surface area (Å²) in [5, 5.41) is 3.05. The Morgan fingerprint density at radius 3 is 2.23 bits per heavy atom. The van der Waals surface area contributed by atoms with E-state index < -0.39 is 28.5 Å². The summed E-state index contributed by atoms with van der Waals surface area (Å²) < 4.78 is 25.9. The highest BCUT2D eigenvalue weighted by molar-refractivity contribution is 7.92. The lowest BCUT2D eigenvalue weighted by Gasteiger charge is -2.33. The summed E-state index contributed by atoms with van der Waals surface area (Å²) in [7, 11) is -2.24. The Morgan fingerprint density at radius 1 is 1.10 bits per heavy atom. The molecule has 0 aromatic heterocycles. The number of benzene rings is 2. The second kappa shape index (κ2) is 10.6. The summed E-state index contributed by atoms with van der Waals surface area (Å²) in [6.07, 6.45) is 1.42. The normalized spacial score (nSPS) is 12.2. The van der Waals surface area contributed by atoms with Crippen LogP contribution in [0.4, 0.5) is 5.69 Å². The van der Waals surface area contributed by atoms with Crippen LogP contribution in [0.1, 0.15) is 24.5 Å². The van der Waals surface area contributed by atoms with E-state index in [0.717, 1.165) is 21.7 Å². The first kappa shape index (κ1) is 24.7. The van der Waals surface area contributed by atoms with Crippen LogP contribution in [-0.4, -0.2) is 51.0 Å². The van der Waals surface area contributed by atoms with Crippen molar-refractivity contribution in [1.29, 1.82) is 0 Å². The van der Waals surface area contributed by atoms with Gasteiger partial charge in [-0.1, -0.05) is 42.8 Å². The van der Waals surface area contributed by atoms with E-state index >= 15 is 0 Å². The van der Waals surface area contributed by atoms with E-state index in [0.29, 0.717) is 17.1 Å². The molecule has 0 fully saturated rings. The lowest BCUT2D eigenvalue weighted by molar-refractivity contribution is -0.140. The Bertz CT molecular complexity index is 1030. The van der Waals surface area contributed by atoms with E-state index in [-0.39, 0.29) is 12.5 Å². The van der Waals surface area contributed by atoms with Gasteiger partial charge in [0.2, 0.25) is 21.8 Å². The molecule has 0 bridgehead atoms. The van der Waals surface area contributed by atoms with Crippen LogP contribution in [0.5, 0.6) is 0 Å². The predicted molar refractivity (Wildman–Crippen MR) is 124 cm³/mol. The van der Waals surface area contributed by atoms with Gasteiger partial charge in [0, 0.05) is 18.6 Å². The number of sulfonamides is 1. The van der Waals surface area contributed by atoms with Crippen molar-refractivity contribution in [3.05, 3.63) is 64.7 Å². The molecule has 0 aliphatic heterocycles. The van der Waals surface area contributed by atoms with Crippen LogP contribution in [-0.2, 0) is 26.2 Å². The fourth-order valence-corrected chi connectivity index (χ4v) is 4.25. The molecule has 2 aromatic carbocycles. The van der Waals surface area contributed by atoms with E-state index in [4.69, 9.17) is 11.6 Å². The Kier molecular flexibility index (Phi) is 8.47. The van der Waals surface area contributed by atoms with Gasteiger partial charge in [-0.05, 0) is 48.7 Å². The third kappa shape index (κ3) is 6.45. The number of aryl methyl sites for hydroxylation is 1. The van der Waals surface area contributed by atoms with Crippen LogP contribution >= 0.6 is 11.6 Å². The Hall–Kier alpha value is -2.58. The molecule has 0 radical (unpaired) electrons. The van der Waals surface area contributed by atoms with Crippen molar-refractivity contribution in [1.82, 2.24) is 10.2 Å². The van der Waals surface area contributed by atoms with E-state index in [1.54, 1.807) is 24.3 Å². The van der Waals surface area contributed by atoms with Gasteiger partial charge in [-0.3, -0.25) is 13.9 Å². The van der Waals surface area contributed by atoms with Gasteiger partial charge in [0.15, 0.2) is 0 Å². The monoisotopic (exact) mass is 465 g/mol. The first-order chi connectivity index (χ1) is 14.6. The molecule has 1 N–H and O–H groups in total. The minimum Gasteiger partial charge on any atom is -0.357 e. The van der Waals surface area contributed by atoms with Gasteiger partial charge >= 0.3 is 0 Å². The molecule has 31 heavy (non-hydrogen) atoms. The summed E-state index contributed by atoms with van der Waals surface area (Å²) in [5.74, 6) is -0.777. The molecule has 1 unspecified atom stereocenters. The van der Waals surface area contributed by atoms with E-state index in [2.05, 4.69) is 5.32 Å². The molecule has 7 nitrogen and oxygen atoms in total. The molecule has 168 valence electrons. The summed E-state index contributed by atoms with van der Waals surface area (Å²) in [6, 6.07) is 13.0. The third-order valence-corrected chi connectivity index (χ3v) is 6.42. The standard InChI is InChI=1S/C22H28ClN3O4S/c1-5-20(22(28)24-3)25(14-17-9-7-6-8-16(17)2)21(27)15-26(31(4,29)30)19-12-10-18(23)11-13-19/h6-13,20H,5,14-15H2,1-4H3,(H,24,28). The van der Waals surface area contributed by atoms with E-state index in [9.17, 15) is 18.0 Å². The van der Waals surface area contributed by atoms with Gasteiger partial charge in [-0.15, -0.1) is 0 Å². The number of carbonyl (C=O) groups excluding carboxylic acids is 2. The number of hydrogen-bond acceptors (Lipinski definition) is 4. The molecule has 0 saturated carbocycles. The second-order valence-corrected chi connectivity index (χ2v) is 9.58. The van der Waals surface area contributed by atoms with Crippen LogP contribution < -0.4 is 9.62 Å².